The summed E-state index contributed by atoms with van der Waals surface area (Å²) in [6, 6.07) is 6.20. The zero-order valence-electron chi connectivity index (χ0n) is 10.1. The second-order valence-corrected chi connectivity index (χ2v) is 6.33. The van der Waals surface area contributed by atoms with Crippen LogP contribution in [0.3, 0.4) is 0 Å². The molecule has 0 amide bonds. The highest BCUT2D eigenvalue weighted by atomic mass is 32.2. The molecule has 1 heterocycles. The number of nitrogen functional groups attached to an aromatic ring is 1. The average molecular weight is 265 g/mol. The largest absolute Gasteiger partial charge is 0.399 e. The number of anilines is 1. The Kier molecular flexibility index (Phi) is 3.28. The van der Waals surface area contributed by atoms with Gasteiger partial charge in [-0.2, -0.15) is 9.57 Å². The molecule has 96 valence electrons. The van der Waals surface area contributed by atoms with E-state index in [4.69, 9.17) is 11.0 Å². The van der Waals surface area contributed by atoms with Gasteiger partial charge in [-0.3, -0.25) is 0 Å². The molecule has 5 nitrogen and oxygen atoms in total. The third kappa shape index (κ3) is 2.07. The van der Waals surface area contributed by atoms with Gasteiger partial charge in [0.2, 0.25) is 10.0 Å². The Morgan fingerprint density at radius 3 is 2.78 bits per heavy atom. The van der Waals surface area contributed by atoms with Crippen LogP contribution in [0.15, 0.2) is 23.1 Å². The molecular formula is C12H15N3O2S. The van der Waals surface area contributed by atoms with Gasteiger partial charge in [-0.15, -0.1) is 0 Å². The molecule has 6 heteroatoms. The summed E-state index contributed by atoms with van der Waals surface area (Å²) in [4.78, 5) is 0.0490. The van der Waals surface area contributed by atoms with Crippen LogP contribution >= 0.6 is 0 Å². The minimum atomic E-state index is -3.59. The third-order valence-electron chi connectivity index (χ3n) is 3.20. The van der Waals surface area contributed by atoms with Crippen molar-refractivity contribution >= 4 is 15.7 Å². The Balaban J connectivity index is 2.51. The van der Waals surface area contributed by atoms with E-state index in [2.05, 4.69) is 0 Å². The molecule has 1 unspecified atom stereocenters. The first-order valence-corrected chi connectivity index (χ1v) is 7.22. The lowest BCUT2D eigenvalue weighted by Crippen LogP contribution is -2.34. The first-order valence-electron chi connectivity index (χ1n) is 5.78. The van der Waals surface area contributed by atoms with Crippen molar-refractivity contribution in [2.75, 3.05) is 12.3 Å². The van der Waals surface area contributed by atoms with Crippen molar-refractivity contribution in [3.63, 3.8) is 0 Å². The second kappa shape index (κ2) is 4.59. The van der Waals surface area contributed by atoms with E-state index in [1.807, 2.05) is 13.0 Å². The predicted octanol–water partition coefficient (Wildman–Crippen LogP) is 1.31. The number of rotatable bonds is 2. The van der Waals surface area contributed by atoms with Gasteiger partial charge in [0.15, 0.2) is 0 Å². The summed E-state index contributed by atoms with van der Waals surface area (Å²) < 4.78 is 26.4. The first kappa shape index (κ1) is 12.9. The van der Waals surface area contributed by atoms with Gasteiger partial charge in [-0.1, -0.05) is 0 Å². The Bertz CT molecular complexity index is 604. The minimum absolute atomic E-state index is 0.0147. The normalized spacial score (nSPS) is 20.8. The first-order chi connectivity index (χ1) is 8.46. The van der Waals surface area contributed by atoms with Gasteiger partial charge < -0.3 is 5.73 Å². The summed E-state index contributed by atoms with van der Waals surface area (Å²) in [7, 11) is -3.59. The maximum Gasteiger partial charge on any atom is 0.244 e. The Hall–Kier alpha value is -1.58. The SMILES string of the molecule is CC1CCCN1S(=O)(=O)c1ccc(N)cc1C#N. The molecule has 1 aliphatic rings. The van der Waals surface area contributed by atoms with E-state index >= 15 is 0 Å². The van der Waals surface area contributed by atoms with Gasteiger partial charge in [-0.25, -0.2) is 8.42 Å². The summed E-state index contributed by atoms with van der Waals surface area (Å²) in [5.74, 6) is 0. The van der Waals surface area contributed by atoms with Gasteiger partial charge in [-0.05, 0) is 38.0 Å². The highest BCUT2D eigenvalue weighted by Crippen LogP contribution is 2.28. The van der Waals surface area contributed by atoms with Gasteiger partial charge in [0, 0.05) is 18.3 Å². The van der Waals surface area contributed by atoms with E-state index in [0.717, 1.165) is 12.8 Å². The summed E-state index contributed by atoms with van der Waals surface area (Å²) in [5.41, 5.74) is 6.06. The van der Waals surface area contributed by atoms with Crippen LogP contribution in [0, 0.1) is 11.3 Å². The molecule has 1 fully saturated rings. The fourth-order valence-corrected chi connectivity index (χ4v) is 4.07. The summed E-state index contributed by atoms with van der Waals surface area (Å²) >= 11 is 0. The van der Waals surface area contributed by atoms with Crippen LogP contribution < -0.4 is 5.73 Å². The molecule has 1 aliphatic heterocycles. The highest BCUT2D eigenvalue weighted by molar-refractivity contribution is 7.89. The Labute approximate surface area is 107 Å². The fourth-order valence-electron chi connectivity index (χ4n) is 2.25. The lowest BCUT2D eigenvalue weighted by atomic mass is 10.2. The van der Waals surface area contributed by atoms with Crippen molar-refractivity contribution in [1.29, 1.82) is 5.26 Å². The quantitative estimate of drug-likeness (QED) is 0.817. The van der Waals surface area contributed by atoms with Crippen LogP contribution in [-0.4, -0.2) is 25.3 Å². The molecule has 0 spiro atoms. The average Bonchev–Trinajstić information content (AvgIpc) is 2.75. The van der Waals surface area contributed by atoms with E-state index in [1.165, 1.54) is 22.5 Å². The Morgan fingerprint density at radius 2 is 2.22 bits per heavy atom. The fraction of sp³-hybridized carbons (Fsp3) is 0.417. The van der Waals surface area contributed by atoms with Crippen molar-refractivity contribution in [3.05, 3.63) is 23.8 Å². The molecule has 0 aromatic heterocycles. The molecule has 0 aliphatic carbocycles. The van der Waals surface area contributed by atoms with E-state index < -0.39 is 10.0 Å². The maximum absolute atomic E-state index is 12.5. The monoisotopic (exact) mass is 265 g/mol. The van der Waals surface area contributed by atoms with Gasteiger partial charge in [0.25, 0.3) is 0 Å². The molecule has 0 bridgehead atoms. The van der Waals surface area contributed by atoms with Gasteiger partial charge in [0.05, 0.1) is 5.56 Å². The smallest absolute Gasteiger partial charge is 0.244 e. The van der Waals surface area contributed by atoms with Gasteiger partial charge >= 0.3 is 0 Å². The number of nitrogens with two attached hydrogens (primary N) is 1. The van der Waals surface area contributed by atoms with Crippen molar-refractivity contribution in [2.45, 2.75) is 30.7 Å². The highest BCUT2D eigenvalue weighted by Gasteiger charge is 2.34. The molecule has 0 saturated carbocycles. The number of hydrogen-bond donors (Lipinski definition) is 1. The summed E-state index contributed by atoms with van der Waals surface area (Å²) in [5, 5.41) is 9.03. The maximum atomic E-state index is 12.5. The van der Waals surface area contributed by atoms with Gasteiger partial charge in [0.1, 0.15) is 11.0 Å². The molecule has 1 saturated heterocycles. The molecule has 1 aromatic rings. The zero-order valence-corrected chi connectivity index (χ0v) is 10.9. The number of hydrogen-bond acceptors (Lipinski definition) is 4. The standard InChI is InChI=1S/C12H15N3O2S/c1-9-3-2-6-15(9)18(16,17)12-5-4-11(14)7-10(12)8-13/h4-5,7,9H,2-3,6,14H2,1H3. The molecule has 1 atom stereocenters. The lowest BCUT2D eigenvalue weighted by molar-refractivity contribution is 0.408. The summed E-state index contributed by atoms with van der Waals surface area (Å²) in [6.45, 7) is 2.40. The van der Waals surface area contributed by atoms with Crippen molar-refractivity contribution in [3.8, 4) is 6.07 Å². The van der Waals surface area contributed by atoms with Crippen LogP contribution in [0.1, 0.15) is 25.3 Å². The minimum Gasteiger partial charge on any atom is -0.399 e. The van der Waals surface area contributed by atoms with Crippen LogP contribution in [-0.2, 0) is 10.0 Å². The van der Waals surface area contributed by atoms with E-state index in [0.29, 0.717) is 12.2 Å². The molecule has 1 aromatic carbocycles. The van der Waals surface area contributed by atoms with Crippen LogP contribution in [0.2, 0.25) is 0 Å². The zero-order chi connectivity index (χ0) is 13.3. The number of nitrogens with zero attached hydrogens (tertiary/aromatic N) is 2. The van der Waals surface area contributed by atoms with E-state index in [1.54, 1.807) is 0 Å². The number of benzene rings is 1. The van der Waals surface area contributed by atoms with E-state index in [9.17, 15) is 8.42 Å². The van der Waals surface area contributed by atoms with Crippen molar-refractivity contribution < 1.29 is 8.42 Å². The summed E-state index contributed by atoms with van der Waals surface area (Å²) in [6.07, 6.45) is 1.72. The Morgan fingerprint density at radius 1 is 1.50 bits per heavy atom. The predicted molar refractivity (Wildman–Crippen MR) is 68.2 cm³/mol. The molecular weight excluding hydrogens is 250 g/mol. The van der Waals surface area contributed by atoms with Crippen LogP contribution in [0.25, 0.3) is 0 Å². The molecule has 0 radical (unpaired) electrons. The molecule has 18 heavy (non-hydrogen) atoms. The lowest BCUT2D eigenvalue weighted by Gasteiger charge is -2.21. The molecule has 2 rings (SSSR count). The second-order valence-electron chi connectivity index (χ2n) is 4.47. The number of sulfonamides is 1. The van der Waals surface area contributed by atoms with Crippen molar-refractivity contribution in [2.24, 2.45) is 0 Å². The van der Waals surface area contributed by atoms with Crippen molar-refractivity contribution in [1.82, 2.24) is 4.31 Å². The number of nitriles is 1. The van der Waals surface area contributed by atoms with E-state index in [-0.39, 0.29) is 16.5 Å². The van der Waals surface area contributed by atoms with Crippen LogP contribution in [0.5, 0.6) is 0 Å². The molecule has 2 N–H and O–H groups in total. The third-order valence-corrected chi connectivity index (χ3v) is 5.27. The topological polar surface area (TPSA) is 87.2 Å². The van der Waals surface area contributed by atoms with Crippen LogP contribution in [0.4, 0.5) is 5.69 Å².